The lowest BCUT2D eigenvalue weighted by Crippen LogP contribution is -2.04. The summed E-state index contributed by atoms with van der Waals surface area (Å²) < 4.78 is 0.803. The first-order valence-corrected chi connectivity index (χ1v) is 6.95. The highest BCUT2D eigenvalue weighted by molar-refractivity contribution is 9.10. The predicted octanol–water partition coefficient (Wildman–Crippen LogP) is 3.79. The van der Waals surface area contributed by atoms with E-state index in [9.17, 15) is 4.79 Å². The largest absolute Gasteiger partial charge is 0.398 e. The summed E-state index contributed by atoms with van der Waals surface area (Å²) >= 11 is 9.28. The predicted molar refractivity (Wildman–Crippen MR) is 83.1 cm³/mol. The van der Waals surface area contributed by atoms with Crippen molar-refractivity contribution in [3.8, 4) is 0 Å². The molecule has 0 aliphatic rings. The molecule has 0 aliphatic heterocycles. The molecule has 3 rings (SSSR count). The van der Waals surface area contributed by atoms with Crippen molar-refractivity contribution < 1.29 is 4.79 Å². The van der Waals surface area contributed by atoms with Crippen molar-refractivity contribution in [1.29, 1.82) is 0 Å². The van der Waals surface area contributed by atoms with E-state index in [1.165, 1.54) is 0 Å². The first kappa shape index (κ1) is 13.1. The van der Waals surface area contributed by atoms with Crippen LogP contribution in [-0.4, -0.2) is 15.8 Å². The van der Waals surface area contributed by atoms with Gasteiger partial charge in [-0.3, -0.25) is 4.79 Å². The van der Waals surface area contributed by atoms with Gasteiger partial charge in [-0.05, 0) is 40.2 Å². The summed E-state index contributed by atoms with van der Waals surface area (Å²) in [5.41, 5.74) is 7.81. The number of ketones is 1. The van der Waals surface area contributed by atoms with Gasteiger partial charge in [-0.1, -0.05) is 11.6 Å². The lowest BCUT2D eigenvalue weighted by atomic mass is 10.0. The van der Waals surface area contributed by atoms with Crippen LogP contribution in [0.1, 0.15) is 15.9 Å². The molecule has 2 aromatic heterocycles. The number of aromatic nitrogens is 2. The number of hydrogen-bond donors (Lipinski definition) is 2. The third-order valence-corrected chi connectivity index (χ3v) is 3.67. The van der Waals surface area contributed by atoms with Crippen LogP contribution in [0.15, 0.2) is 41.1 Å². The topological polar surface area (TPSA) is 71.8 Å². The van der Waals surface area contributed by atoms with Crippen molar-refractivity contribution in [2.75, 3.05) is 5.73 Å². The fraction of sp³-hybridized carbons (Fsp3) is 0. The first-order chi connectivity index (χ1) is 9.56. The van der Waals surface area contributed by atoms with Crippen LogP contribution in [-0.2, 0) is 0 Å². The van der Waals surface area contributed by atoms with Crippen LogP contribution in [0, 0.1) is 0 Å². The van der Waals surface area contributed by atoms with Gasteiger partial charge in [0.15, 0.2) is 5.78 Å². The molecule has 20 heavy (non-hydrogen) atoms. The molecule has 0 saturated carbocycles. The third kappa shape index (κ3) is 2.19. The Hall–Kier alpha value is -1.85. The van der Waals surface area contributed by atoms with Crippen molar-refractivity contribution in [1.82, 2.24) is 9.97 Å². The zero-order valence-electron chi connectivity index (χ0n) is 10.2. The second-order valence-electron chi connectivity index (χ2n) is 4.31. The molecule has 0 unspecified atom stereocenters. The van der Waals surface area contributed by atoms with Crippen LogP contribution in [0.25, 0.3) is 11.0 Å². The van der Waals surface area contributed by atoms with Gasteiger partial charge in [0.1, 0.15) is 5.65 Å². The molecule has 0 bridgehead atoms. The monoisotopic (exact) mass is 349 g/mol. The lowest BCUT2D eigenvalue weighted by Gasteiger charge is -2.04. The number of benzene rings is 1. The lowest BCUT2D eigenvalue weighted by molar-refractivity contribution is 0.104. The van der Waals surface area contributed by atoms with E-state index in [4.69, 9.17) is 17.3 Å². The van der Waals surface area contributed by atoms with Gasteiger partial charge in [-0.15, -0.1) is 0 Å². The SMILES string of the molecule is Nc1ccc(Cl)cc1C(=O)c1c[nH]c2ncc(Br)cc12. The summed E-state index contributed by atoms with van der Waals surface area (Å²) in [6, 6.07) is 6.69. The van der Waals surface area contributed by atoms with Crippen LogP contribution in [0.2, 0.25) is 5.02 Å². The Bertz CT molecular complexity index is 828. The van der Waals surface area contributed by atoms with Crippen LogP contribution < -0.4 is 5.73 Å². The molecular formula is C14H9BrClN3O. The third-order valence-electron chi connectivity index (χ3n) is 3.00. The minimum atomic E-state index is -0.184. The first-order valence-electron chi connectivity index (χ1n) is 5.78. The van der Waals surface area contributed by atoms with Gasteiger partial charge in [-0.25, -0.2) is 4.98 Å². The molecule has 1 aromatic carbocycles. The number of pyridine rings is 1. The molecule has 0 fully saturated rings. The van der Waals surface area contributed by atoms with Crippen LogP contribution in [0.5, 0.6) is 0 Å². The van der Waals surface area contributed by atoms with Crippen molar-refractivity contribution in [2.45, 2.75) is 0 Å². The maximum atomic E-state index is 12.6. The number of halogens is 2. The Morgan fingerprint density at radius 2 is 2.10 bits per heavy atom. The molecule has 6 heteroatoms. The van der Waals surface area contributed by atoms with E-state index >= 15 is 0 Å². The highest BCUT2D eigenvalue weighted by atomic mass is 79.9. The number of aromatic amines is 1. The van der Waals surface area contributed by atoms with E-state index in [0.717, 1.165) is 9.86 Å². The molecule has 100 valence electrons. The molecule has 0 saturated heterocycles. The summed E-state index contributed by atoms with van der Waals surface area (Å²) in [4.78, 5) is 19.8. The molecule has 0 radical (unpaired) electrons. The van der Waals surface area contributed by atoms with Crippen LogP contribution >= 0.6 is 27.5 Å². The fourth-order valence-electron chi connectivity index (χ4n) is 2.04. The number of carbonyl (C=O) groups excluding carboxylic acids is 1. The smallest absolute Gasteiger partial charge is 0.197 e. The maximum Gasteiger partial charge on any atom is 0.197 e. The van der Waals surface area contributed by atoms with Gasteiger partial charge < -0.3 is 10.7 Å². The minimum absolute atomic E-state index is 0.184. The van der Waals surface area contributed by atoms with E-state index in [0.29, 0.717) is 27.5 Å². The van der Waals surface area contributed by atoms with Gasteiger partial charge in [0.25, 0.3) is 0 Å². The number of anilines is 1. The number of nitrogens with one attached hydrogen (secondary N) is 1. The fourth-order valence-corrected chi connectivity index (χ4v) is 2.54. The Kier molecular flexibility index (Phi) is 3.23. The molecule has 0 spiro atoms. The number of rotatable bonds is 2. The molecule has 0 atom stereocenters. The van der Waals surface area contributed by atoms with Crippen LogP contribution in [0.3, 0.4) is 0 Å². The highest BCUT2D eigenvalue weighted by Crippen LogP contribution is 2.26. The Labute approximate surface area is 128 Å². The van der Waals surface area contributed by atoms with Crippen molar-refractivity contribution in [3.05, 3.63) is 57.3 Å². The van der Waals surface area contributed by atoms with E-state index in [1.807, 2.05) is 6.07 Å². The summed E-state index contributed by atoms with van der Waals surface area (Å²) in [6.07, 6.45) is 3.30. The normalized spacial score (nSPS) is 10.9. The van der Waals surface area contributed by atoms with E-state index < -0.39 is 0 Å². The second-order valence-corrected chi connectivity index (χ2v) is 5.66. The highest BCUT2D eigenvalue weighted by Gasteiger charge is 2.17. The number of nitrogens with zero attached hydrogens (tertiary/aromatic N) is 1. The number of hydrogen-bond acceptors (Lipinski definition) is 3. The molecule has 2 heterocycles. The van der Waals surface area contributed by atoms with E-state index in [1.54, 1.807) is 30.6 Å². The number of H-pyrrole nitrogens is 1. The van der Waals surface area contributed by atoms with Crippen molar-refractivity contribution in [3.63, 3.8) is 0 Å². The summed E-state index contributed by atoms with van der Waals surface area (Å²) in [6.45, 7) is 0. The zero-order chi connectivity index (χ0) is 14.3. The Morgan fingerprint density at radius 1 is 1.30 bits per heavy atom. The minimum Gasteiger partial charge on any atom is -0.398 e. The summed E-state index contributed by atoms with van der Waals surface area (Å²) in [5.74, 6) is -0.184. The molecular weight excluding hydrogens is 342 g/mol. The number of fused-ring (bicyclic) bond motifs is 1. The van der Waals surface area contributed by atoms with Crippen molar-refractivity contribution >= 4 is 50.0 Å². The average Bonchev–Trinajstić information content (AvgIpc) is 2.83. The maximum absolute atomic E-state index is 12.6. The summed E-state index contributed by atoms with van der Waals surface area (Å²) in [5, 5.41) is 1.21. The summed E-state index contributed by atoms with van der Waals surface area (Å²) in [7, 11) is 0. The molecule has 3 N–H and O–H groups in total. The van der Waals surface area contributed by atoms with Crippen LogP contribution in [0.4, 0.5) is 5.69 Å². The molecule has 3 aromatic rings. The number of carbonyl (C=O) groups is 1. The van der Waals surface area contributed by atoms with Gasteiger partial charge in [0.2, 0.25) is 0 Å². The molecule has 4 nitrogen and oxygen atoms in total. The Morgan fingerprint density at radius 3 is 2.90 bits per heavy atom. The quantitative estimate of drug-likeness (QED) is 0.545. The van der Waals surface area contributed by atoms with Gasteiger partial charge in [0.05, 0.1) is 0 Å². The number of nitrogens with two attached hydrogens (primary N) is 1. The zero-order valence-corrected chi connectivity index (χ0v) is 12.5. The number of nitrogen functional groups attached to an aromatic ring is 1. The average molecular weight is 351 g/mol. The van der Waals surface area contributed by atoms with Gasteiger partial charge in [-0.2, -0.15) is 0 Å². The standard InChI is InChI=1S/C14H9BrClN3O/c15-7-3-9-11(6-19-14(9)18-5-7)13(20)10-4-8(16)1-2-12(10)17/h1-6H,17H2,(H,18,19). The Balaban J connectivity index is 2.17. The van der Waals surface area contributed by atoms with E-state index in [2.05, 4.69) is 25.9 Å². The second kappa shape index (κ2) is 4.92. The van der Waals surface area contributed by atoms with Gasteiger partial charge in [0, 0.05) is 44.1 Å². The van der Waals surface area contributed by atoms with Gasteiger partial charge >= 0.3 is 0 Å². The molecule has 0 amide bonds. The van der Waals surface area contributed by atoms with Crippen molar-refractivity contribution in [2.24, 2.45) is 0 Å². The molecule has 0 aliphatic carbocycles. The van der Waals surface area contributed by atoms with E-state index in [-0.39, 0.29) is 5.78 Å².